The molecule has 0 bridgehead atoms. The standard InChI is InChI=1S/C15H21NO4/c1-4-15(5-2,10-13(17)18)16-14(19)11-8-6-7-9-12(11)20-3/h6-9H,4-5,10H2,1-3H3,(H,16,19)(H,17,18). The number of methoxy groups -OCH3 is 1. The largest absolute Gasteiger partial charge is 0.496 e. The maximum atomic E-state index is 12.4. The minimum atomic E-state index is -0.922. The molecule has 1 rings (SSSR count). The van der Waals surface area contributed by atoms with Crippen LogP contribution in [0, 0.1) is 0 Å². The molecule has 0 atom stereocenters. The lowest BCUT2D eigenvalue weighted by atomic mass is 9.88. The van der Waals surface area contributed by atoms with Crippen LogP contribution in [0.2, 0.25) is 0 Å². The molecule has 20 heavy (non-hydrogen) atoms. The summed E-state index contributed by atoms with van der Waals surface area (Å²) in [6.45, 7) is 3.74. The molecule has 5 heteroatoms. The van der Waals surface area contributed by atoms with Crippen LogP contribution >= 0.6 is 0 Å². The Morgan fingerprint density at radius 1 is 1.25 bits per heavy atom. The van der Waals surface area contributed by atoms with Crippen LogP contribution in [0.3, 0.4) is 0 Å². The molecule has 5 nitrogen and oxygen atoms in total. The number of carboxylic acid groups (broad SMARTS) is 1. The quantitative estimate of drug-likeness (QED) is 0.804. The summed E-state index contributed by atoms with van der Waals surface area (Å²) in [6.07, 6.45) is 1.01. The van der Waals surface area contributed by atoms with E-state index in [0.717, 1.165) is 0 Å². The Hall–Kier alpha value is -2.04. The molecule has 0 unspecified atom stereocenters. The number of benzene rings is 1. The van der Waals surface area contributed by atoms with E-state index in [4.69, 9.17) is 9.84 Å². The lowest BCUT2D eigenvalue weighted by molar-refractivity contribution is -0.138. The number of hydrogen-bond donors (Lipinski definition) is 2. The number of rotatable bonds is 7. The summed E-state index contributed by atoms with van der Waals surface area (Å²) >= 11 is 0. The molecule has 0 saturated heterocycles. The zero-order valence-corrected chi connectivity index (χ0v) is 12.1. The lowest BCUT2D eigenvalue weighted by Gasteiger charge is -2.31. The van der Waals surface area contributed by atoms with Crippen molar-refractivity contribution in [1.29, 1.82) is 0 Å². The topological polar surface area (TPSA) is 75.6 Å². The Morgan fingerprint density at radius 3 is 2.35 bits per heavy atom. The monoisotopic (exact) mass is 279 g/mol. The first-order chi connectivity index (χ1) is 9.48. The molecule has 110 valence electrons. The molecule has 1 amide bonds. The summed E-state index contributed by atoms with van der Waals surface area (Å²) in [5.41, 5.74) is -0.323. The fourth-order valence-corrected chi connectivity index (χ4v) is 2.15. The van der Waals surface area contributed by atoms with Gasteiger partial charge in [-0.2, -0.15) is 0 Å². The average molecular weight is 279 g/mol. The van der Waals surface area contributed by atoms with Crippen molar-refractivity contribution in [1.82, 2.24) is 5.32 Å². The first kappa shape index (κ1) is 16.0. The van der Waals surface area contributed by atoms with E-state index in [-0.39, 0.29) is 12.3 Å². The van der Waals surface area contributed by atoms with Crippen molar-refractivity contribution in [3.63, 3.8) is 0 Å². The van der Waals surface area contributed by atoms with Crippen LogP contribution in [0.25, 0.3) is 0 Å². The summed E-state index contributed by atoms with van der Waals surface area (Å²) in [4.78, 5) is 23.4. The Morgan fingerprint density at radius 2 is 1.85 bits per heavy atom. The predicted molar refractivity (Wildman–Crippen MR) is 76.0 cm³/mol. The summed E-state index contributed by atoms with van der Waals surface area (Å²) in [5.74, 6) is -0.761. The number of nitrogens with one attached hydrogen (secondary N) is 1. The van der Waals surface area contributed by atoms with Gasteiger partial charge in [0.2, 0.25) is 0 Å². The van der Waals surface area contributed by atoms with E-state index in [1.165, 1.54) is 7.11 Å². The second kappa shape index (κ2) is 6.93. The van der Waals surface area contributed by atoms with Gasteiger partial charge in [-0.3, -0.25) is 9.59 Å². The van der Waals surface area contributed by atoms with Gasteiger partial charge in [0.25, 0.3) is 5.91 Å². The Bertz CT molecular complexity index is 481. The molecule has 0 aromatic heterocycles. The molecule has 0 saturated carbocycles. The highest BCUT2D eigenvalue weighted by molar-refractivity contribution is 5.97. The van der Waals surface area contributed by atoms with Gasteiger partial charge in [-0.15, -0.1) is 0 Å². The number of aliphatic carboxylic acids is 1. The van der Waals surface area contributed by atoms with Crippen LogP contribution in [0.5, 0.6) is 5.75 Å². The number of carbonyl (C=O) groups is 2. The molecular weight excluding hydrogens is 258 g/mol. The highest BCUT2D eigenvalue weighted by Gasteiger charge is 2.31. The van der Waals surface area contributed by atoms with E-state index in [0.29, 0.717) is 24.2 Å². The zero-order chi connectivity index (χ0) is 15.2. The van der Waals surface area contributed by atoms with E-state index in [1.807, 2.05) is 13.8 Å². The van der Waals surface area contributed by atoms with E-state index in [2.05, 4.69) is 5.32 Å². The maximum Gasteiger partial charge on any atom is 0.305 e. The third-order valence-electron chi connectivity index (χ3n) is 3.57. The van der Waals surface area contributed by atoms with E-state index >= 15 is 0 Å². The average Bonchev–Trinajstić information content (AvgIpc) is 2.45. The molecule has 0 aliphatic rings. The van der Waals surface area contributed by atoms with Crippen molar-refractivity contribution in [3.05, 3.63) is 29.8 Å². The first-order valence-electron chi connectivity index (χ1n) is 6.65. The van der Waals surface area contributed by atoms with E-state index < -0.39 is 11.5 Å². The number of ether oxygens (including phenoxy) is 1. The number of para-hydroxylation sites is 1. The summed E-state index contributed by atoms with van der Waals surface area (Å²) in [7, 11) is 1.50. The fourth-order valence-electron chi connectivity index (χ4n) is 2.15. The van der Waals surface area contributed by atoms with Gasteiger partial charge in [-0.25, -0.2) is 0 Å². The second-order valence-corrected chi connectivity index (χ2v) is 4.71. The van der Waals surface area contributed by atoms with E-state index in [1.54, 1.807) is 24.3 Å². The van der Waals surface area contributed by atoms with Gasteiger partial charge < -0.3 is 15.2 Å². The molecule has 0 fully saturated rings. The zero-order valence-electron chi connectivity index (χ0n) is 12.1. The number of hydrogen-bond acceptors (Lipinski definition) is 3. The van der Waals surface area contributed by atoms with Crippen molar-refractivity contribution < 1.29 is 19.4 Å². The Kier molecular flexibility index (Phi) is 5.55. The van der Waals surface area contributed by atoms with Crippen LogP contribution < -0.4 is 10.1 Å². The molecule has 0 spiro atoms. The predicted octanol–water partition coefficient (Wildman–Crippen LogP) is 2.46. The number of carbonyl (C=O) groups excluding carboxylic acids is 1. The molecule has 0 aliphatic heterocycles. The van der Waals surface area contributed by atoms with Crippen molar-refractivity contribution in [3.8, 4) is 5.75 Å². The second-order valence-electron chi connectivity index (χ2n) is 4.71. The molecule has 1 aromatic carbocycles. The van der Waals surface area contributed by atoms with Gasteiger partial charge in [-0.1, -0.05) is 26.0 Å². The molecule has 0 heterocycles. The van der Waals surface area contributed by atoms with Crippen LogP contribution in [-0.4, -0.2) is 29.6 Å². The Balaban J connectivity index is 2.99. The first-order valence-corrected chi connectivity index (χ1v) is 6.65. The summed E-state index contributed by atoms with van der Waals surface area (Å²) in [5, 5.41) is 11.9. The molecular formula is C15H21NO4. The van der Waals surface area contributed by atoms with Crippen molar-refractivity contribution in [2.75, 3.05) is 7.11 Å². The summed E-state index contributed by atoms with van der Waals surface area (Å²) < 4.78 is 5.15. The molecule has 0 aliphatic carbocycles. The normalized spacial score (nSPS) is 10.9. The third-order valence-corrected chi connectivity index (χ3v) is 3.57. The Labute approximate surface area is 118 Å². The SMILES string of the molecule is CCC(CC)(CC(=O)O)NC(=O)c1ccccc1OC. The minimum Gasteiger partial charge on any atom is -0.496 e. The van der Waals surface area contributed by atoms with Crippen LogP contribution in [0.4, 0.5) is 0 Å². The van der Waals surface area contributed by atoms with Gasteiger partial charge in [-0.05, 0) is 25.0 Å². The number of carboxylic acids is 1. The highest BCUT2D eigenvalue weighted by Crippen LogP contribution is 2.23. The summed E-state index contributed by atoms with van der Waals surface area (Å²) in [6, 6.07) is 6.88. The fraction of sp³-hybridized carbons (Fsp3) is 0.467. The van der Waals surface area contributed by atoms with Gasteiger partial charge in [0.1, 0.15) is 5.75 Å². The van der Waals surface area contributed by atoms with Gasteiger partial charge >= 0.3 is 5.97 Å². The highest BCUT2D eigenvalue weighted by atomic mass is 16.5. The molecule has 2 N–H and O–H groups in total. The van der Waals surface area contributed by atoms with Crippen molar-refractivity contribution in [2.45, 2.75) is 38.6 Å². The third kappa shape index (κ3) is 3.73. The van der Waals surface area contributed by atoms with Gasteiger partial charge in [0, 0.05) is 0 Å². The van der Waals surface area contributed by atoms with Gasteiger partial charge in [0.15, 0.2) is 0 Å². The molecule has 0 radical (unpaired) electrons. The van der Waals surface area contributed by atoms with Crippen LogP contribution in [0.15, 0.2) is 24.3 Å². The van der Waals surface area contributed by atoms with E-state index in [9.17, 15) is 9.59 Å². The minimum absolute atomic E-state index is 0.0963. The van der Waals surface area contributed by atoms with Crippen LogP contribution in [0.1, 0.15) is 43.5 Å². The molecule has 1 aromatic rings. The smallest absolute Gasteiger partial charge is 0.305 e. The maximum absolute atomic E-state index is 12.4. The number of amides is 1. The van der Waals surface area contributed by atoms with Crippen molar-refractivity contribution >= 4 is 11.9 Å². The van der Waals surface area contributed by atoms with Crippen molar-refractivity contribution in [2.24, 2.45) is 0 Å². The van der Waals surface area contributed by atoms with Gasteiger partial charge in [0.05, 0.1) is 24.6 Å². The van der Waals surface area contributed by atoms with Crippen LogP contribution in [-0.2, 0) is 4.79 Å². The lowest BCUT2D eigenvalue weighted by Crippen LogP contribution is -2.49.